The predicted molar refractivity (Wildman–Crippen MR) is 104 cm³/mol. The average molecular weight is 420 g/mol. The number of rotatable bonds is 4. The molecule has 1 fully saturated rings. The van der Waals surface area contributed by atoms with E-state index in [-0.39, 0.29) is 12.1 Å². The number of alkyl halides is 3. The maximum absolute atomic E-state index is 13.2. The number of likely N-dealkylation sites (tertiary alicyclic amines) is 1. The van der Waals surface area contributed by atoms with Crippen LogP contribution < -0.4 is 0 Å². The smallest absolute Gasteiger partial charge is 0.366 e. The molecule has 2 amide bonds. The fourth-order valence-corrected chi connectivity index (χ4v) is 4.55. The standard InChI is InChI=1S/C21H19F3N2O2S/c22-21(23,24)15-7-4-6-14(12-15)13-26-19(27)17(16-8-5-11-29-16)18(20(26)28)25-9-2-1-3-10-25/h4-8,11-12H,1-3,9-10,13H2. The van der Waals surface area contributed by atoms with Gasteiger partial charge in [-0.25, -0.2) is 0 Å². The number of benzene rings is 1. The predicted octanol–water partition coefficient (Wildman–Crippen LogP) is 4.53. The van der Waals surface area contributed by atoms with Gasteiger partial charge in [0.15, 0.2) is 0 Å². The van der Waals surface area contributed by atoms with E-state index < -0.39 is 23.6 Å². The molecule has 0 aliphatic carbocycles. The van der Waals surface area contributed by atoms with Crippen LogP contribution in [0.1, 0.15) is 35.3 Å². The molecule has 0 bridgehead atoms. The highest BCUT2D eigenvalue weighted by atomic mass is 32.1. The fraction of sp³-hybridized carbons (Fsp3) is 0.333. The second kappa shape index (κ2) is 7.67. The normalized spacial score (nSPS) is 18.2. The van der Waals surface area contributed by atoms with Crippen LogP contribution in [0.4, 0.5) is 13.2 Å². The summed E-state index contributed by atoms with van der Waals surface area (Å²) in [4.78, 5) is 30.1. The van der Waals surface area contributed by atoms with Crippen LogP contribution in [0.3, 0.4) is 0 Å². The number of hydrogen-bond acceptors (Lipinski definition) is 4. The summed E-state index contributed by atoms with van der Waals surface area (Å²) in [5.74, 6) is -0.881. The first kappa shape index (κ1) is 19.7. The van der Waals surface area contributed by atoms with Crippen LogP contribution in [0.25, 0.3) is 5.57 Å². The highest BCUT2D eigenvalue weighted by Gasteiger charge is 2.42. The molecule has 0 atom stereocenters. The number of amides is 2. The Morgan fingerprint density at radius 3 is 2.38 bits per heavy atom. The first-order valence-electron chi connectivity index (χ1n) is 9.41. The van der Waals surface area contributed by atoms with Crippen LogP contribution in [0.5, 0.6) is 0 Å². The van der Waals surface area contributed by atoms with Gasteiger partial charge < -0.3 is 4.90 Å². The van der Waals surface area contributed by atoms with Gasteiger partial charge >= 0.3 is 6.18 Å². The van der Waals surface area contributed by atoms with Crippen LogP contribution in [0, 0.1) is 0 Å². The van der Waals surface area contributed by atoms with Crippen molar-refractivity contribution in [2.24, 2.45) is 0 Å². The van der Waals surface area contributed by atoms with Gasteiger partial charge in [0.2, 0.25) is 0 Å². The van der Waals surface area contributed by atoms with Crippen LogP contribution in [0.2, 0.25) is 0 Å². The summed E-state index contributed by atoms with van der Waals surface area (Å²) in [5, 5.41) is 1.84. The quantitative estimate of drug-likeness (QED) is 0.683. The molecule has 1 aromatic carbocycles. The van der Waals surface area contributed by atoms with E-state index in [2.05, 4.69) is 0 Å². The molecule has 0 spiro atoms. The number of thiophene rings is 1. The van der Waals surface area contributed by atoms with Crippen LogP contribution >= 0.6 is 11.3 Å². The number of piperidine rings is 1. The summed E-state index contributed by atoms with van der Waals surface area (Å²) in [7, 11) is 0. The van der Waals surface area contributed by atoms with E-state index in [1.165, 1.54) is 23.5 Å². The van der Waals surface area contributed by atoms with Gasteiger partial charge in [-0.05, 0) is 48.4 Å². The van der Waals surface area contributed by atoms with E-state index >= 15 is 0 Å². The van der Waals surface area contributed by atoms with E-state index in [1.54, 1.807) is 6.07 Å². The number of carbonyl (C=O) groups excluding carboxylic acids is 2. The molecule has 1 aromatic heterocycles. The summed E-state index contributed by atoms with van der Waals surface area (Å²) in [6.07, 6.45) is -1.52. The molecular weight excluding hydrogens is 401 g/mol. The van der Waals surface area contributed by atoms with Crippen LogP contribution in [-0.2, 0) is 22.3 Å². The second-order valence-electron chi connectivity index (χ2n) is 7.14. The molecule has 4 nitrogen and oxygen atoms in total. The number of nitrogens with zero attached hydrogens (tertiary/aromatic N) is 2. The average Bonchev–Trinajstić information content (AvgIpc) is 3.31. The molecular formula is C21H19F3N2O2S. The van der Waals surface area contributed by atoms with Crippen molar-refractivity contribution in [3.63, 3.8) is 0 Å². The SMILES string of the molecule is O=C1C(c2cccs2)=C(N2CCCCC2)C(=O)N1Cc1cccc(C(F)(F)F)c1. The molecule has 2 aliphatic rings. The van der Waals surface area contributed by atoms with E-state index in [0.29, 0.717) is 29.2 Å². The van der Waals surface area contributed by atoms with Crippen molar-refractivity contribution in [3.8, 4) is 0 Å². The molecule has 0 saturated carbocycles. The molecule has 1 saturated heterocycles. The lowest BCUT2D eigenvalue weighted by atomic mass is 10.1. The molecule has 2 aliphatic heterocycles. The minimum absolute atomic E-state index is 0.187. The van der Waals surface area contributed by atoms with E-state index in [0.717, 1.165) is 36.3 Å². The number of hydrogen-bond donors (Lipinski definition) is 0. The number of halogens is 3. The van der Waals surface area contributed by atoms with Crippen molar-refractivity contribution in [1.29, 1.82) is 0 Å². The van der Waals surface area contributed by atoms with Gasteiger partial charge in [0.1, 0.15) is 5.70 Å². The van der Waals surface area contributed by atoms with Crippen molar-refractivity contribution in [3.05, 3.63) is 63.5 Å². The Hall–Kier alpha value is -2.61. The molecule has 29 heavy (non-hydrogen) atoms. The first-order valence-corrected chi connectivity index (χ1v) is 10.3. The first-order chi connectivity index (χ1) is 13.9. The third-order valence-corrected chi connectivity index (χ3v) is 6.07. The summed E-state index contributed by atoms with van der Waals surface area (Å²) in [5.41, 5.74) is 0.215. The largest absolute Gasteiger partial charge is 0.416 e. The molecule has 0 unspecified atom stereocenters. The summed E-state index contributed by atoms with van der Waals surface area (Å²) in [6.45, 7) is 1.20. The summed E-state index contributed by atoms with van der Waals surface area (Å²) in [6, 6.07) is 8.37. The van der Waals surface area contributed by atoms with E-state index in [9.17, 15) is 22.8 Å². The van der Waals surface area contributed by atoms with Gasteiger partial charge in [-0.1, -0.05) is 18.2 Å². The third-order valence-electron chi connectivity index (χ3n) is 5.18. The summed E-state index contributed by atoms with van der Waals surface area (Å²) >= 11 is 1.37. The molecule has 152 valence electrons. The maximum atomic E-state index is 13.2. The van der Waals surface area contributed by atoms with Gasteiger partial charge in [0.25, 0.3) is 11.8 Å². The molecule has 3 heterocycles. The zero-order valence-corrected chi connectivity index (χ0v) is 16.4. The molecule has 4 rings (SSSR count). The molecule has 0 radical (unpaired) electrons. The Labute approximate surface area is 170 Å². The molecule has 2 aromatic rings. The van der Waals surface area contributed by atoms with Gasteiger partial charge in [-0.3, -0.25) is 14.5 Å². The van der Waals surface area contributed by atoms with Gasteiger partial charge in [0.05, 0.1) is 17.7 Å². The third kappa shape index (κ3) is 3.81. The lowest BCUT2D eigenvalue weighted by Gasteiger charge is -2.29. The Morgan fingerprint density at radius 1 is 0.966 bits per heavy atom. The maximum Gasteiger partial charge on any atom is 0.416 e. The molecule has 0 N–H and O–H groups in total. The number of carbonyl (C=O) groups is 2. The van der Waals surface area contributed by atoms with Gasteiger partial charge in [-0.15, -0.1) is 11.3 Å². The zero-order chi connectivity index (χ0) is 20.6. The Bertz CT molecular complexity index is 961. The molecule has 8 heteroatoms. The topological polar surface area (TPSA) is 40.6 Å². The van der Waals surface area contributed by atoms with Gasteiger partial charge in [-0.2, -0.15) is 13.2 Å². The van der Waals surface area contributed by atoms with E-state index in [4.69, 9.17) is 0 Å². The van der Waals surface area contributed by atoms with Crippen molar-refractivity contribution < 1.29 is 22.8 Å². The van der Waals surface area contributed by atoms with Crippen molar-refractivity contribution in [2.45, 2.75) is 32.0 Å². The van der Waals surface area contributed by atoms with Crippen LogP contribution in [-0.4, -0.2) is 34.7 Å². The van der Waals surface area contributed by atoms with E-state index in [1.807, 2.05) is 16.3 Å². The Morgan fingerprint density at radius 2 is 1.72 bits per heavy atom. The minimum Gasteiger partial charge on any atom is -0.366 e. The zero-order valence-electron chi connectivity index (χ0n) is 15.5. The van der Waals surface area contributed by atoms with Crippen molar-refractivity contribution >= 4 is 28.7 Å². The summed E-state index contributed by atoms with van der Waals surface area (Å²) < 4.78 is 39.1. The number of imide groups is 1. The van der Waals surface area contributed by atoms with Crippen molar-refractivity contribution in [2.75, 3.05) is 13.1 Å². The lowest BCUT2D eigenvalue weighted by Crippen LogP contribution is -2.36. The minimum atomic E-state index is -4.48. The fourth-order valence-electron chi connectivity index (χ4n) is 3.79. The monoisotopic (exact) mass is 420 g/mol. The second-order valence-corrected chi connectivity index (χ2v) is 8.09. The highest BCUT2D eigenvalue weighted by molar-refractivity contribution is 7.11. The van der Waals surface area contributed by atoms with Crippen LogP contribution in [0.15, 0.2) is 47.5 Å². The highest BCUT2D eigenvalue weighted by Crippen LogP contribution is 2.36. The Balaban J connectivity index is 1.67. The van der Waals surface area contributed by atoms with Gasteiger partial charge in [0, 0.05) is 18.0 Å². The van der Waals surface area contributed by atoms with Crippen molar-refractivity contribution in [1.82, 2.24) is 9.80 Å². The Kier molecular flexibility index (Phi) is 5.21. The lowest BCUT2D eigenvalue weighted by molar-refractivity contribution is -0.138.